The number of hydrogen-bond acceptors (Lipinski definition) is 4. The molecule has 0 saturated heterocycles. The van der Waals surface area contributed by atoms with Crippen molar-refractivity contribution in [2.24, 2.45) is 0 Å². The second-order valence-electron chi connectivity index (χ2n) is 2.56. The molecule has 1 atom stereocenters. The summed E-state index contributed by atoms with van der Waals surface area (Å²) in [5, 5.41) is 9.13. The first-order valence-corrected chi connectivity index (χ1v) is 3.80. The topological polar surface area (TPSA) is 63.6 Å². The van der Waals surface area contributed by atoms with Crippen molar-refractivity contribution in [2.75, 3.05) is 7.11 Å². The molecule has 0 heterocycles. The summed E-state index contributed by atoms with van der Waals surface area (Å²) in [6, 6.07) is 0. The van der Waals surface area contributed by atoms with Gasteiger partial charge in [-0.1, -0.05) is 5.92 Å². The Morgan fingerprint density at radius 2 is 2.15 bits per heavy atom. The van der Waals surface area contributed by atoms with Gasteiger partial charge in [0.25, 0.3) is 0 Å². The molecule has 0 aromatic carbocycles. The summed E-state index contributed by atoms with van der Waals surface area (Å²) >= 11 is 0. The van der Waals surface area contributed by atoms with Crippen molar-refractivity contribution in [1.82, 2.24) is 0 Å². The van der Waals surface area contributed by atoms with E-state index in [-0.39, 0.29) is 18.6 Å². The molecular formula is C9H12O4. The van der Waals surface area contributed by atoms with E-state index in [2.05, 4.69) is 16.6 Å². The second-order valence-corrected chi connectivity index (χ2v) is 2.56. The summed E-state index contributed by atoms with van der Waals surface area (Å²) in [7, 11) is 1.23. The number of aliphatic hydroxyl groups excluding tert-OH is 1. The Kier molecular flexibility index (Phi) is 5.57. The van der Waals surface area contributed by atoms with E-state index in [0.717, 1.165) is 0 Å². The van der Waals surface area contributed by atoms with Crippen LogP contribution >= 0.6 is 0 Å². The maximum atomic E-state index is 10.5. The van der Waals surface area contributed by atoms with E-state index in [1.165, 1.54) is 14.0 Å². The Balaban J connectivity index is 3.78. The number of hydrogen-bond donors (Lipinski definition) is 1. The molecule has 0 saturated carbocycles. The summed E-state index contributed by atoms with van der Waals surface area (Å²) in [5.74, 6) is 3.82. The second kappa shape index (κ2) is 6.21. The van der Waals surface area contributed by atoms with Crippen molar-refractivity contribution in [3.05, 3.63) is 0 Å². The van der Waals surface area contributed by atoms with Crippen LogP contribution in [0.3, 0.4) is 0 Å². The average molecular weight is 184 g/mol. The van der Waals surface area contributed by atoms with Gasteiger partial charge < -0.3 is 9.84 Å². The molecule has 0 fully saturated rings. The van der Waals surface area contributed by atoms with Gasteiger partial charge in [0.2, 0.25) is 0 Å². The van der Waals surface area contributed by atoms with Crippen LogP contribution in [0.25, 0.3) is 0 Å². The Morgan fingerprint density at radius 1 is 1.54 bits per heavy atom. The summed E-state index contributed by atoms with van der Waals surface area (Å²) in [4.78, 5) is 21.0. The van der Waals surface area contributed by atoms with E-state index in [1.807, 2.05) is 0 Å². The predicted molar refractivity (Wildman–Crippen MR) is 45.7 cm³/mol. The van der Waals surface area contributed by atoms with Gasteiger partial charge in [0.05, 0.1) is 13.2 Å². The van der Waals surface area contributed by atoms with Crippen LogP contribution in [0, 0.1) is 11.8 Å². The normalized spacial score (nSPS) is 11.0. The number of esters is 1. The molecule has 0 aromatic heterocycles. The summed E-state index contributed by atoms with van der Waals surface area (Å²) in [5.41, 5.74) is 0. The highest BCUT2D eigenvalue weighted by molar-refractivity contribution is 5.88. The van der Waals surface area contributed by atoms with Crippen LogP contribution in [-0.4, -0.2) is 30.1 Å². The van der Waals surface area contributed by atoms with Crippen LogP contribution < -0.4 is 0 Å². The SMILES string of the molecule is COC(=O)C#CC[C@H](O)CC(C)=O. The molecule has 0 amide bonds. The van der Waals surface area contributed by atoms with Crippen molar-refractivity contribution in [1.29, 1.82) is 0 Å². The summed E-state index contributed by atoms with van der Waals surface area (Å²) in [6.07, 6.45) is -0.625. The lowest BCUT2D eigenvalue weighted by molar-refractivity contribution is -0.133. The lowest BCUT2D eigenvalue weighted by Crippen LogP contribution is -2.10. The molecule has 72 valence electrons. The highest BCUT2D eigenvalue weighted by Crippen LogP contribution is 1.96. The number of methoxy groups -OCH3 is 1. The molecule has 0 unspecified atom stereocenters. The van der Waals surface area contributed by atoms with E-state index in [9.17, 15) is 9.59 Å². The number of carbonyl (C=O) groups excluding carboxylic acids is 2. The number of rotatable bonds is 3. The quantitative estimate of drug-likeness (QED) is 0.377. The van der Waals surface area contributed by atoms with Gasteiger partial charge in [-0.3, -0.25) is 4.79 Å². The molecule has 4 heteroatoms. The number of Topliss-reactive ketones (excluding diaryl/α,β-unsaturated/α-hetero) is 1. The molecule has 1 N–H and O–H groups in total. The lowest BCUT2D eigenvalue weighted by Gasteiger charge is -2.01. The molecule has 0 rings (SSSR count). The molecule has 0 aliphatic carbocycles. The van der Waals surface area contributed by atoms with Crippen LogP contribution in [0.5, 0.6) is 0 Å². The largest absolute Gasteiger partial charge is 0.459 e. The van der Waals surface area contributed by atoms with E-state index < -0.39 is 12.1 Å². The van der Waals surface area contributed by atoms with Gasteiger partial charge in [0, 0.05) is 18.8 Å². The summed E-state index contributed by atoms with van der Waals surface area (Å²) in [6.45, 7) is 1.39. The summed E-state index contributed by atoms with van der Waals surface area (Å²) < 4.78 is 4.25. The van der Waals surface area contributed by atoms with Crippen LogP contribution in [0.1, 0.15) is 19.8 Å². The minimum atomic E-state index is -0.797. The molecule has 0 radical (unpaired) electrons. The van der Waals surface area contributed by atoms with Crippen molar-refractivity contribution in [3.8, 4) is 11.8 Å². The zero-order chi connectivity index (χ0) is 10.3. The Hall–Kier alpha value is -1.34. The van der Waals surface area contributed by atoms with Gasteiger partial charge in [-0.15, -0.1) is 0 Å². The predicted octanol–water partition coefficient (Wildman–Crippen LogP) is -0.107. The highest BCUT2D eigenvalue weighted by atomic mass is 16.5. The number of ketones is 1. The Bertz CT molecular complexity index is 246. The molecule has 0 aromatic rings. The zero-order valence-corrected chi connectivity index (χ0v) is 7.66. The monoisotopic (exact) mass is 184 g/mol. The van der Waals surface area contributed by atoms with Crippen LogP contribution in [0.4, 0.5) is 0 Å². The van der Waals surface area contributed by atoms with Gasteiger partial charge in [-0.05, 0) is 6.92 Å². The number of ether oxygens (including phenoxy) is 1. The third-order valence-corrected chi connectivity index (χ3v) is 1.24. The van der Waals surface area contributed by atoms with Crippen LogP contribution in [0.15, 0.2) is 0 Å². The van der Waals surface area contributed by atoms with E-state index in [4.69, 9.17) is 5.11 Å². The number of carbonyl (C=O) groups is 2. The Morgan fingerprint density at radius 3 is 2.62 bits per heavy atom. The standard InChI is InChI=1S/C9H12O4/c1-7(10)6-8(11)4-3-5-9(12)13-2/h8,11H,4,6H2,1-2H3/t8-/m0/s1. The van der Waals surface area contributed by atoms with E-state index in [1.54, 1.807) is 0 Å². The van der Waals surface area contributed by atoms with Gasteiger partial charge >= 0.3 is 5.97 Å². The fraction of sp³-hybridized carbons (Fsp3) is 0.556. The fourth-order valence-electron chi connectivity index (χ4n) is 0.696. The molecule has 0 aliphatic rings. The molecular weight excluding hydrogens is 172 g/mol. The molecule has 4 nitrogen and oxygen atoms in total. The first-order valence-electron chi connectivity index (χ1n) is 3.80. The van der Waals surface area contributed by atoms with Crippen molar-refractivity contribution < 1.29 is 19.4 Å². The van der Waals surface area contributed by atoms with E-state index in [0.29, 0.717) is 0 Å². The first kappa shape index (κ1) is 11.7. The maximum Gasteiger partial charge on any atom is 0.384 e. The number of aliphatic hydroxyl groups is 1. The van der Waals surface area contributed by atoms with Crippen molar-refractivity contribution in [2.45, 2.75) is 25.9 Å². The first-order chi connectivity index (χ1) is 6.06. The van der Waals surface area contributed by atoms with Crippen LogP contribution in [-0.2, 0) is 14.3 Å². The lowest BCUT2D eigenvalue weighted by atomic mass is 10.1. The average Bonchev–Trinajstić information content (AvgIpc) is 2.02. The van der Waals surface area contributed by atoms with E-state index >= 15 is 0 Å². The fourth-order valence-corrected chi connectivity index (χ4v) is 0.696. The third-order valence-electron chi connectivity index (χ3n) is 1.24. The zero-order valence-electron chi connectivity index (χ0n) is 7.66. The molecule has 13 heavy (non-hydrogen) atoms. The van der Waals surface area contributed by atoms with Gasteiger partial charge in [0.1, 0.15) is 5.78 Å². The molecule has 0 aliphatic heterocycles. The van der Waals surface area contributed by atoms with Crippen molar-refractivity contribution in [3.63, 3.8) is 0 Å². The highest BCUT2D eigenvalue weighted by Gasteiger charge is 2.04. The molecule has 0 spiro atoms. The van der Waals surface area contributed by atoms with Crippen LogP contribution in [0.2, 0.25) is 0 Å². The minimum Gasteiger partial charge on any atom is -0.459 e. The Labute approximate surface area is 76.9 Å². The van der Waals surface area contributed by atoms with Gasteiger partial charge in [0.15, 0.2) is 0 Å². The van der Waals surface area contributed by atoms with Gasteiger partial charge in [-0.2, -0.15) is 0 Å². The minimum absolute atomic E-state index is 0.0653. The van der Waals surface area contributed by atoms with Gasteiger partial charge in [-0.25, -0.2) is 4.79 Å². The molecule has 0 bridgehead atoms. The third kappa shape index (κ3) is 7.04. The smallest absolute Gasteiger partial charge is 0.384 e. The van der Waals surface area contributed by atoms with Crippen molar-refractivity contribution >= 4 is 11.8 Å². The maximum absolute atomic E-state index is 10.5.